The lowest BCUT2D eigenvalue weighted by molar-refractivity contribution is 0.271. The summed E-state index contributed by atoms with van der Waals surface area (Å²) in [4.78, 5) is 8.44. The third-order valence-corrected chi connectivity index (χ3v) is 3.14. The van der Waals surface area contributed by atoms with Gasteiger partial charge >= 0.3 is 0 Å². The Morgan fingerprint density at radius 3 is 2.94 bits per heavy atom. The summed E-state index contributed by atoms with van der Waals surface area (Å²) in [6, 6.07) is 5.88. The average Bonchev–Trinajstić information content (AvgIpc) is 2.36. The van der Waals surface area contributed by atoms with E-state index in [1.165, 1.54) is 6.33 Å². The van der Waals surface area contributed by atoms with E-state index in [0.29, 0.717) is 0 Å². The maximum Gasteiger partial charge on any atom is 0.137 e. The summed E-state index contributed by atoms with van der Waals surface area (Å²) < 4.78 is 0.986. The van der Waals surface area contributed by atoms with Crippen LogP contribution in [0.5, 0.6) is 0 Å². The first-order valence-electron chi connectivity index (χ1n) is 5.52. The summed E-state index contributed by atoms with van der Waals surface area (Å²) in [5.74, 6) is 0.761. The van der Waals surface area contributed by atoms with Crippen molar-refractivity contribution < 1.29 is 5.11 Å². The number of aromatic nitrogens is 2. The predicted molar refractivity (Wildman–Crippen MR) is 72.0 cm³/mol. The van der Waals surface area contributed by atoms with E-state index in [-0.39, 0.29) is 12.6 Å². The fourth-order valence-electron chi connectivity index (χ4n) is 1.61. The Morgan fingerprint density at radius 1 is 1.41 bits per heavy atom. The number of halogens is 1. The number of hydrogen-bond donors (Lipinski definition) is 2. The third-order valence-electron chi connectivity index (χ3n) is 2.65. The van der Waals surface area contributed by atoms with E-state index in [4.69, 9.17) is 0 Å². The van der Waals surface area contributed by atoms with Crippen molar-refractivity contribution in [2.24, 2.45) is 0 Å². The minimum absolute atomic E-state index is 0.0204. The zero-order valence-corrected chi connectivity index (χ0v) is 11.1. The van der Waals surface area contributed by atoms with E-state index in [2.05, 4.69) is 31.2 Å². The van der Waals surface area contributed by atoms with Crippen molar-refractivity contribution in [3.05, 3.63) is 29.0 Å². The largest absolute Gasteiger partial charge is 0.394 e. The molecule has 0 saturated heterocycles. The molecule has 90 valence electrons. The molecule has 2 rings (SSSR count). The van der Waals surface area contributed by atoms with Gasteiger partial charge < -0.3 is 10.4 Å². The standard InChI is InChI=1S/C12H14BrN3O/c1-2-9(6-17)16-12-10-5-8(13)3-4-11(10)14-7-15-12/h3-5,7,9,17H,2,6H2,1H3,(H,14,15,16)/t9-/m0/s1. The first-order valence-corrected chi connectivity index (χ1v) is 6.31. The second-order valence-electron chi connectivity index (χ2n) is 3.82. The lowest BCUT2D eigenvalue weighted by atomic mass is 10.2. The predicted octanol–water partition coefficient (Wildman–Crippen LogP) is 2.58. The van der Waals surface area contributed by atoms with Gasteiger partial charge in [-0.3, -0.25) is 0 Å². The van der Waals surface area contributed by atoms with Crippen LogP contribution < -0.4 is 5.32 Å². The maximum atomic E-state index is 9.20. The van der Waals surface area contributed by atoms with Crippen LogP contribution in [-0.4, -0.2) is 27.7 Å². The Kier molecular flexibility index (Phi) is 3.91. The van der Waals surface area contributed by atoms with Gasteiger partial charge in [-0.2, -0.15) is 0 Å². The van der Waals surface area contributed by atoms with E-state index in [1.807, 2.05) is 25.1 Å². The Hall–Kier alpha value is -1.20. The molecule has 17 heavy (non-hydrogen) atoms. The second-order valence-corrected chi connectivity index (χ2v) is 4.73. The molecule has 0 aliphatic heterocycles. The van der Waals surface area contributed by atoms with Crippen LogP contribution in [0.1, 0.15) is 13.3 Å². The van der Waals surface area contributed by atoms with Crippen molar-refractivity contribution in [3.63, 3.8) is 0 Å². The van der Waals surface area contributed by atoms with E-state index in [0.717, 1.165) is 27.6 Å². The summed E-state index contributed by atoms with van der Waals surface area (Å²) in [5, 5.41) is 13.4. The molecule has 0 aliphatic rings. The quantitative estimate of drug-likeness (QED) is 0.910. The summed E-state index contributed by atoms with van der Waals surface area (Å²) in [6.07, 6.45) is 2.37. The van der Waals surface area contributed by atoms with Crippen LogP contribution in [0.25, 0.3) is 10.9 Å². The fourth-order valence-corrected chi connectivity index (χ4v) is 1.98. The number of benzene rings is 1. The highest BCUT2D eigenvalue weighted by Crippen LogP contribution is 2.23. The first kappa shape index (κ1) is 12.3. The van der Waals surface area contributed by atoms with E-state index < -0.39 is 0 Å². The molecule has 5 heteroatoms. The van der Waals surface area contributed by atoms with Gasteiger partial charge in [-0.1, -0.05) is 22.9 Å². The van der Waals surface area contributed by atoms with E-state index >= 15 is 0 Å². The fraction of sp³-hybridized carbons (Fsp3) is 0.333. The molecule has 0 spiro atoms. The number of hydrogen-bond acceptors (Lipinski definition) is 4. The minimum atomic E-state index is 0.0204. The highest BCUT2D eigenvalue weighted by molar-refractivity contribution is 9.10. The molecular weight excluding hydrogens is 282 g/mol. The maximum absolute atomic E-state index is 9.20. The summed E-state index contributed by atoms with van der Waals surface area (Å²) >= 11 is 3.43. The van der Waals surface area contributed by atoms with Crippen LogP contribution >= 0.6 is 15.9 Å². The van der Waals surface area contributed by atoms with Crippen LogP contribution in [0.4, 0.5) is 5.82 Å². The smallest absolute Gasteiger partial charge is 0.137 e. The van der Waals surface area contributed by atoms with Crippen molar-refractivity contribution in [1.29, 1.82) is 0 Å². The highest BCUT2D eigenvalue weighted by atomic mass is 79.9. The van der Waals surface area contributed by atoms with Crippen molar-refractivity contribution >= 4 is 32.7 Å². The molecule has 0 unspecified atom stereocenters. The topological polar surface area (TPSA) is 58.0 Å². The number of aliphatic hydroxyl groups is 1. The SMILES string of the molecule is CC[C@@H](CO)Nc1ncnc2ccc(Br)cc12. The first-order chi connectivity index (χ1) is 8.24. The molecule has 0 saturated carbocycles. The van der Waals surface area contributed by atoms with Crippen molar-refractivity contribution in [3.8, 4) is 0 Å². The molecule has 2 aromatic rings. The second kappa shape index (κ2) is 5.42. The van der Waals surface area contributed by atoms with Crippen LogP contribution in [0.15, 0.2) is 29.0 Å². The minimum Gasteiger partial charge on any atom is -0.394 e. The van der Waals surface area contributed by atoms with Crippen LogP contribution in [0.3, 0.4) is 0 Å². The van der Waals surface area contributed by atoms with Crippen LogP contribution in [-0.2, 0) is 0 Å². The molecule has 2 N–H and O–H groups in total. The molecule has 1 heterocycles. The van der Waals surface area contributed by atoms with Crippen LogP contribution in [0, 0.1) is 0 Å². The van der Waals surface area contributed by atoms with Gasteiger partial charge in [0.15, 0.2) is 0 Å². The van der Waals surface area contributed by atoms with Crippen molar-refractivity contribution in [1.82, 2.24) is 9.97 Å². The van der Waals surface area contributed by atoms with Gasteiger partial charge in [-0.15, -0.1) is 0 Å². The monoisotopic (exact) mass is 295 g/mol. The Balaban J connectivity index is 2.42. The van der Waals surface area contributed by atoms with Gasteiger partial charge in [0.05, 0.1) is 18.2 Å². The number of anilines is 1. The molecular formula is C12H14BrN3O. The van der Waals surface area contributed by atoms with E-state index in [1.54, 1.807) is 0 Å². The molecule has 1 atom stereocenters. The number of fused-ring (bicyclic) bond motifs is 1. The number of nitrogens with zero attached hydrogens (tertiary/aromatic N) is 2. The van der Waals surface area contributed by atoms with Gasteiger partial charge in [0.25, 0.3) is 0 Å². The molecule has 1 aromatic heterocycles. The van der Waals surface area contributed by atoms with Crippen molar-refractivity contribution in [2.45, 2.75) is 19.4 Å². The van der Waals surface area contributed by atoms with Crippen molar-refractivity contribution in [2.75, 3.05) is 11.9 Å². The third kappa shape index (κ3) is 2.73. The Bertz CT molecular complexity index is 514. The van der Waals surface area contributed by atoms with E-state index in [9.17, 15) is 5.11 Å². The Morgan fingerprint density at radius 2 is 2.24 bits per heavy atom. The molecule has 4 nitrogen and oxygen atoms in total. The highest BCUT2D eigenvalue weighted by Gasteiger charge is 2.09. The number of rotatable bonds is 4. The molecule has 0 radical (unpaired) electrons. The summed E-state index contributed by atoms with van der Waals surface area (Å²) in [6.45, 7) is 2.11. The number of aliphatic hydroxyl groups excluding tert-OH is 1. The zero-order chi connectivity index (χ0) is 12.3. The van der Waals surface area contributed by atoms with Gasteiger partial charge in [-0.25, -0.2) is 9.97 Å². The van der Waals surface area contributed by atoms with Gasteiger partial charge in [0, 0.05) is 9.86 Å². The van der Waals surface area contributed by atoms with Gasteiger partial charge in [0.2, 0.25) is 0 Å². The van der Waals surface area contributed by atoms with Crippen LogP contribution in [0.2, 0.25) is 0 Å². The lowest BCUT2D eigenvalue weighted by Crippen LogP contribution is -2.23. The number of nitrogens with one attached hydrogen (secondary N) is 1. The summed E-state index contributed by atoms with van der Waals surface area (Å²) in [5.41, 5.74) is 0.887. The lowest BCUT2D eigenvalue weighted by Gasteiger charge is -2.15. The molecule has 0 aliphatic carbocycles. The molecule has 0 fully saturated rings. The van der Waals surface area contributed by atoms with Gasteiger partial charge in [0.1, 0.15) is 12.1 Å². The summed E-state index contributed by atoms with van der Waals surface area (Å²) in [7, 11) is 0. The Labute approximate surface area is 108 Å². The zero-order valence-electron chi connectivity index (χ0n) is 9.52. The molecule has 0 bridgehead atoms. The molecule has 1 aromatic carbocycles. The normalized spacial score (nSPS) is 12.6. The van der Waals surface area contributed by atoms with Gasteiger partial charge in [-0.05, 0) is 24.6 Å². The average molecular weight is 296 g/mol. The molecule has 0 amide bonds.